The predicted molar refractivity (Wildman–Crippen MR) is 38.8 cm³/mol. The molecule has 0 saturated heterocycles. The van der Waals surface area contributed by atoms with Crippen molar-refractivity contribution in [2.45, 2.75) is 0 Å². The van der Waals surface area contributed by atoms with E-state index in [1.165, 1.54) is 0 Å². The molecule has 0 bridgehead atoms. The first-order valence-electron chi connectivity index (χ1n) is 2.84. The highest BCUT2D eigenvalue weighted by Gasteiger charge is 1.89. The first-order valence-corrected chi connectivity index (χ1v) is 2.84. The molecule has 0 aliphatic rings. The van der Waals surface area contributed by atoms with Crippen molar-refractivity contribution in [3.8, 4) is 0 Å². The second-order valence-corrected chi connectivity index (χ2v) is 1.76. The van der Waals surface area contributed by atoms with E-state index in [1.54, 1.807) is 14.6 Å². The molecule has 0 amide bonds. The molecule has 0 heterocycles. The summed E-state index contributed by atoms with van der Waals surface area (Å²) >= 11 is 0. The van der Waals surface area contributed by atoms with E-state index in [1.807, 2.05) is 30.3 Å². The number of benzene rings is 1. The summed E-state index contributed by atoms with van der Waals surface area (Å²) in [6.07, 6.45) is 0. The van der Waals surface area contributed by atoms with Crippen molar-refractivity contribution in [1.29, 1.82) is 0 Å². The van der Waals surface area contributed by atoms with Crippen LogP contribution in [-0.4, -0.2) is 14.6 Å². The maximum atomic E-state index is 4.80. The van der Waals surface area contributed by atoms with Crippen molar-refractivity contribution in [1.82, 2.24) is 0 Å². The summed E-state index contributed by atoms with van der Waals surface area (Å²) in [7, 11) is 3.35. The zero-order chi connectivity index (χ0) is 6.53. The Kier molecular flexibility index (Phi) is 2.34. The van der Waals surface area contributed by atoms with E-state index in [0.717, 1.165) is 5.46 Å². The smallest absolute Gasteiger partial charge is 0.329 e. The van der Waals surface area contributed by atoms with Gasteiger partial charge in [0.15, 0.2) is 0 Å². The van der Waals surface area contributed by atoms with Crippen LogP contribution >= 0.6 is 0 Å². The fourth-order valence-corrected chi connectivity index (χ4v) is 0.668. The standard InChI is InChI=1S/C7H8BO/c1-9-8-7-5-3-2-4-6-7/h2-6H,1H3. The second-order valence-electron chi connectivity index (χ2n) is 1.76. The molecular weight excluding hydrogens is 111 g/mol. The monoisotopic (exact) mass is 119 g/mol. The minimum Gasteiger partial charge on any atom is -0.437 e. The lowest BCUT2D eigenvalue weighted by atomic mass is 9.89. The van der Waals surface area contributed by atoms with Crippen LogP contribution in [0.2, 0.25) is 0 Å². The number of hydrogen-bond acceptors (Lipinski definition) is 1. The van der Waals surface area contributed by atoms with Crippen molar-refractivity contribution in [2.75, 3.05) is 7.11 Å². The van der Waals surface area contributed by atoms with Gasteiger partial charge in [0, 0.05) is 7.11 Å². The Hall–Kier alpha value is -0.755. The van der Waals surface area contributed by atoms with Crippen molar-refractivity contribution in [2.24, 2.45) is 0 Å². The largest absolute Gasteiger partial charge is 0.437 e. The van der Waals surface area contributed by atoms with Crippen LogP contribution in [0.1, 0.15) is 0 Å². The maximum Gasteiger partial charge on any atom is 0.329 e. The fraction of sp³-hybridized carbons (Fsp3) is 0.143. The molecule has 0 aliphatic carbocycles. The van der Waals surface area contributed by atoms with Gasteiger partial charge in [0.25, 0.3) is 0 Å². The Balaban J connectivity index is 2.61. The quantitative estimate of drug-likeness (QED) is 0.517. The molecule has 0 saturated carbocycles. The van der Waals surface area contributed by atoms with Gasteiger partial charge in [-0.25, -0.2) is 0 Å². The molecule has 0 spiro atoms. The molecule has 0 N–H and O–H groups in total. The Morgan fingerprint density at radius 1 is 1.22 bits per heavy atom. The van der Waals surface area contributed by atoms with Gasteiger partial charge in [-0.1, -0.05) is 35.8 Å². The van der Waals surface area contributed by atoms with E-state index < -0.39 is 0 Å². The SMILES string of the molecule is CO[B]c1ccccc1. The third-order valence-corrected chi connectivity index (χ3v) is 1.05. The molecule has 1 radical (unpaired) electrons. The van der Waals surface area contributed by atoms with Crippen molar-refractivity contribution < 1.29 is 4.65 Å². The minimum atomic E-state index is 1.10. The molecule has 9 heavy (non-hydrogen) atoms. The summed E-state index contributed by atoms with van der Waals surface area (Å²) in [4.78, 5) is 0. The van der Waals surface area contributed by atoms with Gasteiger partial charge in [0.05, 0.1) is 0 Å². The lowest BCUT2D eigenvalue weighted by molar-refractivity contribution is 0.450. The summed E-state index contributed by atoms with van der Waals surface area (Å²) in [6, 6.07) is 9.91. The van der Waals surface area contributed by atoms with E-state index in [4.69, 9.17) is 4.65 Å². The third-order valence-electron chi connectivity index (χ3n) is 1.05. The third kappa shape index (κ3) is 1.90. The normalized spacial score (nSPS) is 9.00. The van der Waals surface area contributed by atoms with E-state index in [0.29, 0.717) is 0 Å². The lowest BCUT2D eigenvalue weighted by Gasteiger charge is -1.92. The maximum absolute atomic E-state index is 4.80. The van der Waals surface area contributed by atoms with Gasteiger partial charge >= 0.3 is 7.48 Å². The average Bonchev–Trinajstić information content (AvgIpc) is 1.91. The summed E-state index contributed by atoms with van der Waals surface area (Å²) in [5.74, 6) is 0. The van der Waals surface area contributed by atoms with Crippen LogP contribution in [-0.2, 0) is 4.65 Å². The van der Waals surface area contributed by atoms with Crippen LogP contribution in [0, 0.1) is 0 Å². The predicted octanol–water partition coefficient (Wildman–Crippen LogP) is 0.577. The second kappa shape index (κ2) is 3.31. The molecular formula is C7H8BO. The molecule has 45 valence electrons. The number of rotatable bonds is 2. The molecule has 1 aromatic carbocycles. The molecule has 0 aliphatic heterocycles. The summed E-state index contributed by atoms with van der Waals surface area (Å²) < 4.78 is 4.80. The van der Waals surface area contributed by atoms with Crippen LogP contribution in [0.4, 0.5) is 0 Å². The minimum absolute atomic E-state index is 1.10. The van der Waals surface area contributed by atoms with E-state index in [9.17, 15) is 0 Å². The van der Waals surface area contributed by atoms with Gasteiger partial charge in [-0.2, -0.15) is 0 Å². The lowest BCUT2D eigenvalue weighted by Crippen LogP contribution is -2.14. The van der Waals surface area contributed by atoms with Crippen molar-refractivity contribution in [3.05, 3.63) is 30.3 Å². The van der Waals surface area contributed by atoms with E-state index in [2.05, 4.69) is 0 Å². The molecule has 0 fully saturated rings. The Morgan fingerprint density at radius 2 is 1.89 bits per heavy atom. The van der Waals surface area contributed by atoms with Gasteiger partial charge in [-0.3, -0.25) is 0 Å². The van der Waals surface area contributed by atoms with E-state index >= 15 is 0 Å². The zero-order valence-corrected chi connectivity index (χ0v) is 5.37. The fourth-order valence-electron chi connectivity index (χ4n) is 0.668. The van der Waals surface area contributed by atoms with Gasteiger partial charge in [-0.05, 0) is 0 Å². The zero-order valence-electron chi connectivity index (χ0n) is 5.37. The van der Waals surface area contributed by atoms with Crippen molar-refractivity contribution >= 4 is 12.9 Å². The molecule has 1 rings (SSSR count). The van der Waals surface area contributed by atoms with E-state index in [-0.39, 0.29) is 0 Å². The Bertz CT molecular complexity index is 162. The molecule has 0 unspecified atom stereocenters. The molecule has 0 aromatic heterocycles. The Labute approximate surface area is 55.9 Å². The topological polar surface area (TPSA) is 9.23 Å². The number of hydrogen-bond donors (Lipinski definition) is 0. The highest BCUT2D eigenvalue weighted by molar-refractivity contribution is 6.46. The van der Waals surface area contributed by atoms with Crippen LogP contribution in [0.25, 0.3) is 0 Å². The summed E-state index contributed by atoms with van der Waals surface area (Å²) in [5, 5.41) is 0. The highest BCUT2D eigenvalue weighted by atomic mass is 16.4. The molecule has 0 atom stereocenters. The van der Waals surface area contributed by atoms with Crippen LogP contribution in [0.15, 0.2) is 30.3 Å². The average molecular weight is 119 g/mol. The first kappa shape index (κ1) is 6.37. The first-order chi connectivity index (χ1) is 4.43. The summed E-state index contributed by atoms with van der Waals surface area (Å²) in [6.45, 7) is 0. The van der Waals surface area contributed by atoms with Gasteiger partial charge < -0.3 is 4.65 Å². The molecule has 1 nitrogen and oxygen atoms in total. The Morgan fingerprint density at radius 3 is 2.44 bits per heavy atom. The molecule has 2 heteroatoms. The molecule has 1 aromatic rings. The van der Waals surface area contributed by atoms with Gasteiger partial charge in [-0.15, -0.1) is 0 Å². The highest BCUT2D eigenvalue weighted by Crippen LogP contribution is 1.80. The van der Waals surface area contributed by atoms with Gasteiger partial charge in [0.1, 0.15) is 0 Å². The van der Waals surface area contributed by atoms with Crippen LogP contribution in [0.3, 0.4) is 0 Å². The van der Waals surface area contributed by atoms with Crippen LogP contribution in [0.5, 0.6) is 0 Å². The van der Waals surface area contributed by atoms with Crippen LogP contribution < -0.4 is 5.46 Å². The summed E-state index contributed by atoms with van der Waals surface area (Å²) in [5.41, 5.74) is 1.10. The van der Waals surface area contributed by atoms with Gasteiger partial charge in [0.2, 0.25) is 0 Å². The van der Waals surface area contributed by atoms with Crippen molar-refractivity contribution in [3.63, 3.8) is 0 Å².